The first-order chi connectivity index (χ1) is 10.3. The first-order valence-electron chi connectivity index (χ1n) is 7.35. The second-order valence-electron chi connectivity index (χ2n) is 5.50. The molecule has 0 radical (unpaired) electrons. The zero-order chi connectivity index (χ0) is 16.7. The Kier molecular flexibility index (Phi) is 9.21. The lowest BCUT2D eigenvalue weighted by Gasteiger charge is -2.15. The van der Waals surface area contributed by atoms with Gasteiger partial charge in [0.25, 0.3) is 5.69 Å². The Labute approximate surface area is 142 Å². The number of carbonyl (C=O) groups is 1. The smallest absolute Gasteiger partial charge is 0.292 e. The van der Waals surface area contributed by atoms with E-state index in [0.717, 1.165) is 5.56 Å². The van der Waals surface area contributed by atoms with Gasteiger partial charge in [0.2, 0.25) is 5.91 Å². The number of nitrogens with zero attached hydrogens (tertiary/aromatic N) is 1. The van der Waals surface area contributed by atoms with Crippen LogP contribution in [0.3, 0.4) is 0 Å². The van der Waals surface area contributed by atoms with Gasteiger partial charge in [0, 0.05) is 31.1 Å². The molecule has 4 N–H and O–H groups in total. The fourth-order valence-electron chi connectivity index (χ4n) is 1.87. The van der Waals surface area contributed by atoms with Gasteiger partial charge in [-0.1, -0.05) is 13.0 Å². The van der Waals surface area contributed by atoms with Crippen LogP contribution in [0, 0.1) is 23.0 Å². The SMILES string of the molecule is Cc1ccc(NCCCNC(=O)C(C)C(C)N)c([N+](=O)[O-])c1.Cl. The van der Waals surface area contributed by atoms with Crippen LogP contribution in [0.25, 0.3) is 0 Å². The minimum absolute atomic E-state index is 0. The molecule has 0 aliphatic rings. The first kappa shape index (κ1) is 21.1. The van der Waals surface area contributed by atoms with Gasteiger partial charge >= 0.3 is 0 Å². The van der Waals surface area contributed by atoms with Crippen molar-refractivity contribution in [3.63, 3.8) is 0 Å². The number of carbonyl (C=O) groups excluding carboxylic acids is 1. The highest BCUT2D eigenvalue weighted by Crippen LogP contribution is 2.24. The van der Waals surface area contributed by atoms with Gasteiger partial charge in [-0.3, -0.25) is 14.9 Å². The van der Waals surface area contributed by atoms with Crippen LogP contribution >= 0.6 is 12.4 Å². The summed E-state index contributed by atoms with van der Waals surface area (Å²) in [6.07, 6.45) is 0.669. The van der Waals surface area contributed by atoms with Crippen LogP contribution in [0.5, 0.6) is 0 Å². The number of amides is 1. The largest absolute Gasteiger partial charge is 0.379 e. The number of nitrogens with two attached hydrogens (primary N) is 1. The Hall–Kier alpha value is -1.86. The molecule has 1 aromatic rings. The lowest BCUT2D eigenvalue weighted by Crippen LogP contribution is -2.39. The lowest BCUT2D eigenvalue weighted by molar-refractivity contribution is -0.384. The molecule has 1 amide bonds. The summed E-state index contributed by atoms with van der Waals surface area (Å²) in [5.41, 5.74) is 7.06. The second-order valence-corrected chi connectivity index (χ2v) is 5.50. The topological polar surface area (TPSA) is 110 Å². The maximum absolute atomic E-state index is 11.7. The number of nitrogens with one attached hydrogen (secondary N) is 2. The summed E-state index contributed by atoms with van der Waals surface area (Å²) >= 11 is 0. The molecule has 0 aliphatic heterocycles. The number of rotatable bonds is 8. The van der Waals surface area contributed by atoms with Gasteiger partial charge in [0.1, 0.15) is 5.69 Å². The van der Waals surface area contributed by atoms with E-state index in [2.05, 4.69) is 10.6 Å². The normalized spacial score (nSPS) is 12.7. The molecule has 1 aromatic carbocycles. The van der Waals surface area contributed by atoms with Crippen molar-refractivity contribution in [2.75, 3.05) is 18.4 Å². The molecule has 0 aromatic heterocycles. The van der Waals surface area contributed by atoms with Crippen molar-refractivity contribution < 1.29 is 9.72 Å². The van der Waals surface area contributed by atoms with Crippen molar-refractivity contribution >= 4 is 29.7 Å². The van der Waals surface area contributed by atoms with Crippen LogP contribution in [-0.2, 0) is 4.79 Å². The highest BCUT2D eigenvalue weighted by atomic mass is 35.5. The third-order valence-electron chi connectivity index (χ3n) is 3.52. The summed E-state index contributed by atoms with van der Waals surface area (Å²) in [6.45, 7) is 6.43. The number of halogens is 1. The summed E-state index contributed by atoms with van der Waals surface area (Å²) in [4.78, 5) is 22.3. The van der Waals surface area contributed by atoms with Crippen LogP contribution < -0.4 is 16.4 Å². The summed E-state index contributed by atoms with van der Waals surface area (Å²) < 4.78 is 0. The minimum Gasteiger partial charge on any atom is -0.379 e. The van der Waals surface area contributed by atoms with Gasteiger partial charge in [0.05, 0.1) is 4.92 Å². The molecule has 0 bridgehead atoms. The van der Waals surface area contributed by atoms with E-state index >= 15 is 0 Å². The van der Waals surface area contributed by atoms with E-state index in [0.29, 0.717) is 25.2 Å². The van der Waals surface area contributed by atoms with Gasteiger partial charge in [-0.2, -0.15) is 0 Å². The molecule has 130 valence electrons. The number of nitro groups is 1. The van der Waals surface area contributed by atoms with Crippen molar-refractivity contribution in [2.24, 2.45) is 11.7 Å². The Bertz CT molecular complexity index is 537. The quantitative estimate of drug-likeness (QED) is 0.380. The Balaban J connectivity index is 0.00000484. The Morgan fingerprint density at radius 2 is 2.00 bits per heavy atom. The Morgan fingerprint density at radius 3 is 2.57 bits per heavy atom. The average molecular weight is 345 g/mol. The average Bonchev–Trinajstić information content (AvgIpc) is 2.46. The lowest BCUT2D eigenvalue weighted by atomic mass is 10.0. The minimum atomic E-state index is -0.401. The van der Waals surface area contributed by atoms with Gasteiger partial charge in [-0.15, -0.1) is 12.4 Å². The first-order valence-corrected chi connectivity index (χ1v) is 7.35. The number of aryl methyl sites for hydroxylation is 1. The van der Waals surface area contributed by atoms with Crippen LogP contribution in [0.15, 0.2) is 18.2 Å². The summed E-state index contributed by atoms with van der Waals surface area (Å²) in [7, 11) is 0. The standard InChI is InChI=1S/C15H24N4O3.ClH/c1-10-5-6-13(14(9-10)19(21)22)17-7-4-8-18-15(20)11(2)12(3)16;/h5-6,9,11-12,17H,4,7-8,16H2,1-3H3,(H,18,20);1H. The number of benzene rings is 1. The van der Waals surface area contributed by atoms with E-state index in [1.807, 2.05) is 13.0 Å². The molecule has 0 aliphatic carbocycles. The molecule has 1 rings (SSSR count). The van der Waals surface area contributed by atoms with Gasteiger partial charge in [-0.25, -0.2) is 0 Å². The van der Waals surface area contributed by atoms with Gasteiger partial charge in [-0.05, 0) is 31.9 Å². The third-order valence-corrected chi connectivity index (χ3v) is 3.52. The molecule has 2 atom stereocenters. The van der Waals surface area contributed by atoms with Gasteiger partial charge < -0.3 is 16.4 Å². The zero-order valence-corrected chi connectivity index (χ0v) is 14.5. The van der Waals surface area contributed by atoms with E-state index < -0.39 is 4.92 Å². The molecule has 2 unspecified atom stereocenters. The molecule has 0 saturated heterocycles. The van der Waals surface area contributed by atoms with Crippen molar-refractivity contribution in [1.82, 2.24) is 5.32 Å². The van der Waals surface area contributed by atoms with Crippen molar-refractivity contribution in [3.05, 3.63) is 33.9 Å². The van der Waals surface area contributed by atoms with E-state index in [9.17, 15) is 14.9 Å². The van der Waals surface area contributed by atoms with Crippen LogP contribution in [-0.4, -0.2) is 30.0 Å². The Morgan fingerprint density at radius 1 is 1.35 bits per heavy atom. The molecule has 0 saturated carbocycles. The fraction of sp³-hybridized carbons (Fsp3) is 0.533. The van der Waals surface area contributed by atoms with E-state index in [4.69, 9.17) is 5.73 Å². The predicted octanol–water partition coefficient (Wildman–Crippen LogP) is 2.23. The number of hydrogen-bond acceptors (Lipinski definition) is 5. The molecular weight excluding hydrogens is 320 g/mol. The molecule has 8 heteroatoms. The number of nitro benzene ring substituents is 1. The maximum atomic E-state index is 11.7. The molecule has 7 nitrogen and oxygen atoms in total. The summed E-state index contributed by atoms with van der Waals surface area (Å²) in [6, 6.07) is 4.87. The van der Waals surface area contributed by atoms with Crippen LogP contribution in [0.2, 0.25) is 0 Å². The molecular formula is C15H25ClN4O3. The van der Waals surface area contributed by atoms with Crippen LogP contribution in [0.4, 0.5) is 11.4 Å². The van der Waals surface area contributed by atoms with Crippen molar-refractivity contribution in [2.45, 2.75) is 33.2 Å². The number of anilines is 1. The third kappa shape index (κ3) is 6.83. The highest BCUT2D eigenvalue weighted by Gasteiger charge is 2.16. The van der Waals surface area contributed by atoms with Gasteiger partial charge in [0.15, 0.2) is 0 Å². The summed E-state index contributed by atoms with van der Waals surface area (Å²) in [5.74, 6) is -0.303. The van der Waals surface area contributed by atoms with E-state index in [-0.39, 0.29) is 36.0 Å². The van der Waals surface area contributed by atoms with Crippen LogP contribution in [0.1, 0.15) is 25.8 Å². The maximum Gasteiger partial charge on any atom is 0.292 e. The monoisotopic (exact) mass is 344 g/mol. The highest BCUT2D eigenvalue weighted by molar-refractivity contribution is 5.85. The predicted molar refractivity (Wildman–Crippen MR) is 94.0 cm³/mol. The molecule has 0 fully saturated rings. The van der Waals surface area contributed by atoms with Crippen molar-refractivity contribution in [3.8, 4) is 0 Å². The molecule has 0 spiro atoms. The molecule has 23 heavy (non-hydrogen) atoms. The fourth-order valence-corrected chi connectivity index (χ4v) is 1.87. The number of hydrogen-bond donors (Lipinski definition) is 3. The van der Waals surface area contributed by atoms with Crippen molar-refractivity contribution in [1.29, 1.82) is 0 Å². The van der Waals surface area contributed by atoms with E-state index in [1.165, 1.54) is 6.07 Å². The second kappa shape index (κ2) is 10.0. The summed E-state index contributed by atoms with van der Waals surface area (Å²) in [5, 5.41) is 16.8. The molecule has 0 heterocycles. The zero-order valence-electron chi connectivity index (χ0n) is 13.7. The van der Waals surface area contributed by atoms with E-state index in [1.54, 1.807) is 19.9 Å².